The first-order valence-corrected chi connectivity index (χ1v) is 6.08. The van der Waals surface area contributed by atoms with Crippen molar-refractivity contribution >= 4 is 11.6 Å². The lowest BCUT2D eigenvalue weighted by atomic mass is 9.95. The van der Waals surface area contributed by atoms with Gasteiger partial charge in [0.05, 0.1) is 0 Å². The lowest BCUT2D eigenvalue weighted by Gasteiger charge is -2.23. The zero-order valence-corrected chi connectivity index (χ0v) is 10.1. The molecule has 1 aliphatic carbocycles. The van der Waals surface area contributed by atoms with Crippen molar-refractivity contribution in [2.75, 3.05) is 17.7 Å². The van der Waals surface area contributed by atoms with Crippen LogP contribution in [0.2, 0.25) is 0 Å². The third-order valence-electron chi connectivity index (χ3n) is 3.05. The van der Waals surface area contributed by atoms with Crippen LogP contribution >= 0.6 is 0 Å². The fourth-order valence-corrected chi connectivity index (χ4v) is 2.23. The molecule has 1 heterocycles. The van der Waals surface area contributed by atoms with Gasteiger partial charge < -0.3 is 10.6 Å². The SMILES string of the molecule is CNc1cc(NC2CCCCC2)nc(C)n1. The second-order valence-corrected chi connectivity index (χ2v) is 4.41. The van der Waals surface area contributed by atoms with Crippen LogP contribution in [0.25, 0.3) is 0 Å². The van der Waals surface area contributed by atoms with Crippen molar-refractivity contribution in [2.24, 2.45) is 0 Å². The quantitative estimate of drug-likeness (QED) is 0.822. The van der Waals surface area contributed by atoms with Crippen LogP contribution in [0.4, 0.5) is 11.6 Å². The number of rotatable bonds is 3. The summed E-state index contributed by atoms with van der Waals surface area (Å²) >= 11 is 0. The van der Waals surface area contributed by atoms with E-state index in [-0.39, 0.29) is 0 Å². The summed E-state index contributed by atoms with van der Waals surface area (Å²) in [5, 5.41) is 6.56. The summed E-state index contributed by atoms with van der Waals surface area (Å²) in [6.07, 6.45) is 6.57. The number of aromatic nitrogens is 2. The van der Waals surface area contributed by atoms with Crippen molar-refractivity contribution in [2.45, 2.75) is 45.1 Å². The molecule has 0 amide bonds. The lowest BCUT2D eigenvalue weighted by molar-refractivity contribution is 0.462. The van der Waals surface area contributed by atoms with Gasteiger partial charge in [-0.3, -0.25) is 0 Å². The molecule has 1 fully saturated rings. The van der Waals surface area contributed by atoms with Gasteiger partial charge >= 0.3 is 0 Å². The number of hydrogen-bond donors (Lipinski definition) is 2. The molecule has 1 aliphatic rings. The fourth-order valence-electron chi connectivity index (χ4n) is 2.23. The van der Waals surface area contributed by atoms with Crippen LogP contribution < -0.4 is 10.6 Å². The van der Waals surface area contributed by atoms with Crippen LogP contribution in [-0.2, 0) is 0 Å². The Balaban J connectivity index is 2.04. The zero-order chi connectivity index (χ0) is 11.4. The van der Waals surface area contributed by atoms with Gasteiger partial charge in [-0.25, -0.2) is 9.97 Å². The topological polar surface area (TPSA) is 49.8 Å². The molecule has 1 saturated carbocycles. The summed E-state index contributed by atoms with van der Waals surface area (Å²) in [5.74, 6) is 2.64. The maximum atomic E-state index is 4.41. The van der Waals surface area contributed by atoms with Gasteiger partial charge in [0.2, 0.25) is 0 Å². The van der Waals surface area contributed by atoms with Crippen molar-refractivity contribution in [3.8, 4) is 0 Å². The molecular formula is C12H20N4. The third kappa shape index (κ3) is 2.84. The molecule has 4 nitrogen and oxygen atoms in total. The first-order chi connectivity index (χ1) is 7.78. The van der Waals surface area contributed by atoms with E-state index in [0.29, 0.717) is 6.04 Å². The van der Waals surface area contributed by atoms with Crippen LogP contribution in [0.3, 0.4) is 0 Å². The van der Waals surface area contributed by atoms with E-state index in [4.69, 9.17) is 0 Å². The van der Waals surface area contributed by atoms with Crippen molar-refractivity contribution in [1.29, 1.82) is 0 Å². The zero-order valence-electron chi connectivity index (χ0n) is 10.1. The van der Waals surface area contributed by atoms with E-state index in [1.54, 1.807) is 0 Å². The molecule has 0 bridgehead atoms. The number of nitrogens with zero attached hydrogens (tertiary/aromatic N) is 2. The Labute approximate surface area is 96.9 Å². The Morgan fingerprint density at radius 1 is 1.12 bits per heavy atom. The minimum Gasteiger partial charge on any atom is -0.373 e. The fraction of sp³-hybridized carbons (Fsp3) is 0.667. The highest BCUT2D eigenvalue weighted by Crippen LogP contribution is 2.21. The molecule has 0 aliphatic heterocycles. The van der Waals surface area contributed by atoms with Crippen LogP contribution in [0.15, 0.2) is 6.07 Å². The number of nitrogens with one attached hydrogen (secondary N) is 2. The second-order valence-electron chi connectivity index (χ2n) is 4.41. The Morgan fingerprint density at radius 3 is 2.50 bits per heavy atom. The molecule has 0 saturated heterocycles. The van der Waals surface area contributed by atoms with Crippen molar-refractivity contribution in [1.82, 2.24) is 9.97 Å². The molecule has 0 aromatic carbocycles. The molecule has 0 atom stereocenters. The monoisotopic (exact) mass is 220 g/mol. The van der Waals surface area contributed by atoms with E-state index in [1.165, 1.54) is 32.1 Å². The number of hydrogen-bond acceptors (Lipinski definition) is 4. The van der Waals surface area contributed by atoms with Crippen LogP contribution in [-0.4, -0.2) is 23.1 Å². The smallest absolute Gasteiger partial charge is 0.132 e. The second kappa shape index (κ2) is 5.14. The number of aryl methyl sites for hydroxylation is 1. The molecule has 0 spiro atoms. The molecule has 0 unspecified atom stereocenters. The van der Waals surface area contributed by atoms with E-state index >= 15 is 0 Å². The maximum absolute atomic E-state index is 4.41. The summed E-state index contributed by atoms with van der Waals surface area (Å²) in [4.78, 5) is 8.70. The average molecular weight is 220 g/mol. The highest BCUT2D eigenvalue weighted by molar-refractivity contribution is 5.47. The van der Waals surface area contributed by atoms with E-state index < -0.39 is 0 Å². The van der Waals surface area contributed by atoms with E-state index in [0.717, 1.165) is 17.5 Å². The van der Waals surface area contributed by atoms with Crippen LogP contribution in [0, 0.1) is 6.92 Å². The Bertz CT molecular complexity index is 345. The molecule has 2 rings (SSSR count). The Hall–Kier alpha value is -1.32. The lowest BCUT2D eigenvalue weighted by Crippen LogP contribution is -2.23. The third-order valence-corrected chi connectivity index (χ3v) is 3.05. The predicted octanol–water partition coefficient (Wildman–Crippen LogP) is 2.57. The Morgan fingerprint density at radius 2 is 1.81 bits per heavy atom. The van der Waals surface area contributed by atoms with Gasteiger partial charge in [-0.15, -0.1) is 0 Å². The van der Waals surface area contributed by atoms with Crippen molar-refractivity contribution in [3.05, 3.63) is 11.9 Å². The Kier molecular flexibility index (Phi) is 3.59. The average Bonchev–Trinajstić information content (AvgIpc) is 2.29. The van der Waals surface area contributed by atoms with Crippen molar-refractivity contribution in [3.63, 3.8) is 0 Å². The minimum atomic E-state index is 0.591. The highest BCUT2D eigenvalue weighted by atomic mass is 15.1. The first kappa shape index (κ1) is 11.2. The summed E-state index contributed by atoms with van der Waals surface area (Å²) in [6, 6.07) is 2.56. The molecule has 1 aromatic rings. The number of anilines is 2. The maximum Gasteiger partial charge on any atom is 0.132 e. The summed E-state index contributed by atoms with van der Waals surface area (Å²) in [6.45, 7) is 1.92. The minimum absolute atomic E-state index is 0.591. The normalized spacial score (nSPS) is 17.1. The standard InChI is InChI=1S/C12H20N4/c1-9-14-11(13-2)8-12(15-9)16-10-6-4-3-5-7-10/h8,10H,3-7H2,1-2H3,(H2,13,14,15,16). The van der Waals surface area contributed by atoms with E-state index in [1.807, 2.05) is 20.0 Å². The first-order valence-electron chi connectivity index (χ1n) is 6.08. The van der Waals surface area contributed by atoms with Gasteiger partial charge in [0, 0.05) is 19.2 Å². The van der Waals surface area contributed by atoms with Crippen molar-refractivity contribution < 1.29 is 0 Å². The molecule has 16 heavy (non-hydrogen) atoms. The summed E-state index contributed by atoms with van der Waals surface area (Å²) in [7, 11) is 1.88. The molecule has 1 aromatic heterocycles. The van der Waals surface area contributed by atoms with Gasteiger partial charge in [-0.1, -0.05) is 19.3 Å². The van der Waals surface area contributed by atoms with Crippen LogP contribution in [0.1, 0.15) is 37.9 Å². The molecular weight excluding hydrogens is 200 g/mol. The summed E-state index contributed by atoms with van der Waals surface area (Å²) < 4.78 is 0. The van der Waals surface area contributed by atoms with Gasteiger partial charge in [0.15, 0.2) is 0 Å². The van der Waals surface area contributed by atoms with Crippen LogP contribution in [0.5, 0.6) is 0 Å². The van der Waals surface area contributed by atoms with E-state index in [9.17, 15) is 0 Å². The highest BCUT2D eigenvalue weighted by Gasteiger charge is 2.13. The molecule has 88 valence electrons. The van der Waals surface area contributed by atoms with Gasteiger partial charge in [0.25, 0.3) is 0 Å². The molecule has 0 radical (unpaired) electrons. The summed E-state index contributed by atoms with van der Waals surface area (Å²) in [5.41, 5.74) is 0. The van der Waals surface area contributed by atoms with E-state index in [2.05, 4.69) is 20.6 Å². The van der Waals surface area contributed by atoms with Gasteiger partial charge in [0.1, 0.15) is 17.5 Å². The largest absolute Gasteiger partial charge is 0.373 e. The predicted molar refractivity (Wildman–Crippen MR) is 66.8 cm³/mol. The molecule has 4 heteroatoms. The molecule has 2 N–H and O–H groups in total. The van der Waals surface area contributed by atoms with Gasteiger partial charge in [-0.2, -0.15) is 0 Å². The van der Waals surface area contributed by atoms with Gasteiger partial charge in [-0.05, 0) is 19.8 Å².